The monoisotopic (exact) mass is 278 g/mol. The topological polar surface area (TPSA) is 72.6 Å². The molecule has 1 unspecified atom stereocenters. The van der Waals surface area contributed by atoms with E-state index < -0.39 is 17.9 Å². The number of rotatable bonds is 7. The molecule has 0 aliphatic rings. The van der Waals surface area contributed by atoms with Crippen molar-refractivity contribution < 1.29 is 14.3 Å². The van der Waals surface area contributed by atoms with Crippen molar-refractivity contribution in [3.8, 4) is 0 Å². The summed E-state index contributed by atoms with van der Waals surface area (Å²) in [6.45, 7) is 4.87. The molecule has 0 radical (unpaired) electrons. The lowest BCUT2D eigenvalue weighted by Gasteiger charge is -2.24. The molecule has 20 heavy (non-hydrogen) atoms. The number of carbonyl (C=O) groups is 2. The molecule has 0 aromatic heterocycles. The van der Waals surface area contributed by atoms with Gasteiger partial charge in [-0.2, -0.15) is 0 Å². The number of amides is 1. The third kappa shape index (κ3) is 4.66. The zero-order valence-corrected chi connectivity index (χ0v) is 12.0. The van der Waals surface area contributed by atoms with E-state index >= 15 is 0 Å². The number of ether oxygens (including phenoxy) is 1. The number of hydrogen-bond acceptors (Lipinski definition) is 4. The highest BCUT2D eigenvalue weighted by molar-refractivity contribution is 6.01. The minimum Gasteiger partial charge on any atom is -0.464 e. The van der Waals surface area contributed by atoms with Crippen LogP contribution in [-0.4, -0.2) is 36.0 Å². The first kappa shape index (κ1) is 16.2. The summed E-state index contributed by atoms with van der Waals surface area (Å²) in [4.78, 5) is 25.4. The van der Waals surface area contributed by atoms with Gasteiger partial charge in [0.2, 0.25) is 0 Å². The molecule has 0 fully saturated rings. The van der Waals surface area contributed by atoms with Gasteiger partial charge in [0, 0.05) is 13.1 Å². The Balaban J connectivity index is 2.74. The lowest BCUT2D eigenvalue weighted by atomic mass is 10.2. The van der Waals surface area contributed by atoms with E-state index in [1.807, 2.05) is 37.3 Å². The molecule has 2 N–H and O–H groups in total. The second kappa shape index (κ2) is 8.32. The summed E-state index contributed by atoms with van der Waals surface area (Å²) in [5.41, 5.74) is 6.67. The Hall–Kier alpha value is -1.88. The molecule has 5 heteroatoms. The molecule has 1 rings (SSSR count). The number of nitrogens with two attached hydrogens (primary N) is 1. The van der Waals surface area contributed by atoms with Crippen molar-refractivity contribution in [1.82, 2.24) is 4.90 Å². The van der Waals surface area contributed by atoms with Crippen LogP contribution < -0.4 is 5.73 Å². The summed E-state index contributed by atoms with van der Waals surface area (Å²) in [5, 5.41) is 0. The van der Waals surface area contributed by atoms with Crippen LogP contribution in [0.3, 0.4) is 0 Å². The smallest absolute Gasteiger partial charge is 0.332 e. The average molecular weight is 278 g/mol. The van der Waals surface area contributed by atoms with Crippen LogP contribution in [0, 0.1) is 0 Å². The molecule has 1 aromatic carbocycles. The average Bonchev–Trinajstić information content (AvgIpc) is 2.46. The predicted molar refractivity (Wildman–Crippen MR) is 76.8 cm³/mol. The van der Waals surface area contributed by atoms with Crippen LogP contribution >= 0.6 is 0 Å². The summed E-state index contributed by atoms with van der Waals surface area (Å²) in [6.07, 6.45) is 0.800. The maximum Gasteiger partial charge on any atom is 0.332 e. The fourth-order valence-corrected chi connectivity index (χ4v) is 1.87. The minimum absolute atomic E-state index is 0.215. The standard InChI is InChI=1S/C15H22N2O3/c1-3-10-17(11-12-8-6-5-7-9-12)14(18)13(16)15(19)20-4-2/h5-9,13H,3-4,10-11,16H2,1-2H3. The van der Waals surface area contributed by atoms with Crippen molar-refractivity contribution in [2.24, 2.45) is 5.73 Å². The molecule has 1 aromatic rings. The van der Waals surface area contributed by atoms with Gasteiger partial charge in [-0.25, -0.2) is 4.79 Å². The quantitative estimate of drug-likeness (QED) is 0.603. The zero-order valence-electron chi connectivity index (χ0n) is 12.0. The van der Waals surface area contributed by atoms with Crippen molar-refractivity contribution in [2.45, 2.75) is 32.9 Å². The summed E-state index contributed by atoms with van der Waals surface area (Å²) >= 11 is 0. The molecular formula is C15H22N2O3. The maximum absolute atomic E-state index is 12.3. The second-order valence-electron chi connectivity index (χ2n) is 4.48. The van der Waals surface area contributed by atoms with E-state index in [2.05, 4.69) is 0 Å². The van der Waals surface area contributed by atoms with E-state index in [1.165, 1.54) is 0 Å². The van der Waals surface area contributed by atoms with E-state index in [1.54, 1.807) is 11.8 Å². The van der Waals surface area contributed by atoms with Gasteiger partial charge in [-0.1, -0.05) is 37.3 Å². The minimum atomic E-state index is -1.25. The molecule has 5 nitrogen and oxygen atoms in total. The van der Waals surface area contributed by atoms with Gasteiger partial charge < -0.3 is 15.4 Å². The highest BCUT2D eigenvalue weighted by atomic mass is 16.5. The largest absolute Gasteiger partial charge is 0.464 e. The fraction of sp³-hybridized carbons (Fsp3) is 0.467. The zero-order chi connectivity index (χ0) is 15.0. The molecular weight excluding hydrogens is 256 g/mol. The Labute approximate surface area is 119 Å². The number of benzene rings is 1. The first-order chi connectivity index (χ1) is 9.60. The molecule has 0 saturated heterocycles. The van der Waals surface area contributed by atoms with Crippen molar-refractivity contribution in [2.75, 3.05) is 13.2 Å². The molecule has 0 spiro atoms. The summed E-state index contributed by atoms with van der Waals surface area (Å²) in [6, 6.07) is 8.37. The Morgan fingerprint density at radius 1 is 1.25 bits per heavy atom. The molecule has 0 bridgehead atoms. The Morgan fingerprint density at radius 2 is 1.90 bits per heavy atom. The third-order valence-electron chi connectivity index (χ3n) is 2.83. The fourth-order valence-electron chi connectivity index (χ4n) is 1.87. The van der Waals surface area contributed by atoms with Crippen LogP contribution in [0.1, 0.15) is 25.8 Å². The van der Waals surface area contributed by atoms with Gasteiger partial charge in [0.05, 0.1) is 6.61 Å². The van der Waals surface area contributed by atoms with Crippen molar-refractivity contribution in [3.63, 3.8) is 0 Å². The summed E-state index contributed by atoms with van der Waals surface area (Å²) < 4.78 is 4.79. The van der Waals surface area contributed by atoms with Gasteiger partial charge in [0.15, 0.2) is 6.04 Å². The Morgan fingerprint density at radius 3 is 2.45 bits per heavy atom. The van der Waals surface area contributed by atoms with Crippen molar-refractivity contribution in [1.29, 1.82) is 0 Å². The first-order valence-corrected chi connectivity index (χ1v) is 6.85. The summed E-state index contributed by atoms with van der Waals surface area (Å²) in [5.74, 6) is -1.07. The van der Waals surface area contributed by atoms with Gasteiger partial charge in [-0.15, -0.1) is 0 Å². The third-order valence-corrected chi connectivity index (χ3v) is 2.83. The molecule has 0 heterocycles. The van der Waals surface area contributed by atoms with Gasteiger partial charge in [-0.3, -0.25) is 4.79 Å². The lowest BCUT2D eigenvalue weighted by molar-refractivity contribution is -0.151. The number of nitrogens with zero attached hydrogens (tertiary/aromatic N) is 1. The number of carbonyl (C=O) groups excluding carboxylic acids is 2. The maximum atomic E-state index is 12.3. The van der Waals surface area contributed by atoms with E-state index in [0.717, 1.165) is 12.0 Å². The first-order valence-electron chi connectivity index (χ1n) is 6.85. The van der Waals surface area contributed by atoms with Crippen molar-refractivity contribution in [3.05, 3.63) is 35.9 Å². The predicted octanol–water partition coefficient (Wildman–Crippen LogP) is 1.32. The molecule has 0 aliphatic carbocycles. The molecule has 1 amide bonds. The summed E-state index contributed by atoms with van der Waals surface area (Å²) in [7, 11) is 0. The van der Waals surface area contributed by atoms with Gasteiger partial charge in [0.25, 0.3) is 5.91 Å². The van der Waals surface area contributed by atoms with Gasteiger partial charge in [0.1, 0.15) is 0 Å². The molecule has 110 valence electrons. The van der Waals surface area contributed by atoms with Crippen LogP contribution in [0.2, 0.25) is 0 Å². The number of esters is 1. The Kier molecular flexibility index (Phi) is 6.73. The van der Waals surface area contributed by atoms with Crippen LogP contribution in [0.4, 0.5) is 0 Å². The van der Waals surface area contributed by atoms with Crippen LogP contribution in [-0.2, 0) is 20.9 Å². The van der Waals surface area contributed by atoms with E-state index in [-0.39, 0.29) is 6.61 Å². The van der Waals surface area contributed by atoms with Gasteiger partial charge in [-0.05, 0) is 18.9 Å². The van der Waals surface area contributed by atoms with E-state index in [4.69, 9.17) is 10.5 Å². The molecule has 1 atom stereocenters. The van der Waals surface area contributed by atoms with E-state index in [0.29, 0.717) is 13.1 Å². The van der Waals surface area contributed by atoms with Crippen LogP contribution in [0.5, 0.6) is 0 Å². The van der Waals surface area contributed by atoms with E-state index in [9.17, 15) is 9.59 Å². The van der Waals surface area contributed by atoms with Crippen molar-refractivity contribution >= 4 is 11.9 Å². The molecule has 0 saturated carbocycles. The van der Waals surface area contributed by atoms with Gasteiger partial charge >= 0.3 is 5.97 Å². The SMILES string of the molecule is CCCN(Cc1ccccc1)C(=O)C(N)C(=O)OCC. The Bertz CT molecular complexity index is 434. The highest BCUT2D eigenvalue weighted by Crippen LogP contribution is 2.07. The van der Waals surface area contributed by atoms with Crippen LogP contribution in [0.15, 0.2) is 30.3 Å². The molecule has 0 aliphatic heterocycles. The second-order valence-corrected chi connectivity index (χ2v) is 4.48. The normalized spacial score (nSPS) is 11.8. The lowest BCUT2D eigenvalue weighted by Crippen LogP contribution is -2.48. The highest BCUT2D eigenvalue weighted by Gasteiger charge is 2.27. The number of hydrogen-bond donors (Lipinski definition) is 1. The van der Waals surface area contributed by atoms with Crippen LogP contribution in [0.25, 0.3) is 0 Å².